The van der Waals surface area contributed by atoms with E-state index >= 15 is 0 Å². The van der Waals surface area contributed by atoms with Gasteiger partial charge in [0.05, 0.1) is 12.2 Å². The minimum absolute atomic E-state index is 0.191. The Labute approximate surface area is 159 Å². The van der Waals surface area contributed by atoms with Crippen LogP contribution in [-0.2, 0) is 14.8 Å². The number of nitrogens with one attached hydrogen (secondary N) is 1. The van der Waals surface area contributed by atoms with Gasteiger partial charge in [-0.15, -0.1) is 4.40 Å². The molecule has 7 heteroatoms. The summed E-state index contributed by atoms with van der Waals surface area (Å²) in [5.41, 5.74) is 1.63. The number of hydrogen-bond donors (Lipinski definition) is 1. The quantitative estimate of drug-likeness (QED) is 0.575. The van der Waals surface area contributed by atoms with Crippen LogP contribution in [0.15, 0.2) is 57.8 Å². The molecule has 0 aliphatic carbocycles. The minimum Gasteiger partial charge on any atom is -0.462 e. The van der Waals surface area contributed by atoms with Gasteiger partial charge in [-0.05, 0) is 42.8 Å². The van der Waals surface area contributed by atoms with Gasteiger partial charge < -0.3 is 10.1 Å². The van der Waals surface area contributed by atoms with Crippen molar-refractivity contribution in [3.05, 3.63) is 59.7 Å². The van der Waals surface area contributed by atoms with Gasteiger partial charge in [-0.2, -0.15) is 8.42 Å². The average Bonchev–Trinajstić information content (AvgIpc) is 2.92. The van der Waals surface area contributed by atoms with Gasteiger partial charge in [0.15, 0.2) is 5.84 Å². The van der Waals surface area contributed by atoms with Crippen LogP contribution in [0.3, 0.4) is 0 Å². The summed E-state index contributed by atoms with van der Waals surface area (Å²) in [5, 5.41) is 3.00. The molecule has 0 radical (unpaired) electrons. The Morgan fingerprint density at radius 1 is 1.04 bits per heavy atom. The third-order valence-electron chi connectivity index (χ3n) is 4.25. The predicted molar refractivity (Wildman–Crippen MR) is 105 cm³/mol. The van der Waals surface area contributed by atoms with Crippen molar-refractivity contribution >= 4 is 27.5 Å². The highest BCUT2D eigenvalue weighted by atomic mass is 32.2. The van der Waals surface area contributed by atoms with E-state index < -0.39 is 10.0 Å². The number of rotatable bonds is 7. The number of hydrogen-bond acceptors (Lipinski definition) is 5. The van der Waals surface area contributed by atoms with E-state index in [-0.39, 0.29) is 16.7 Å². The van der Waals surface area contributed by atoms with Gasteiger partial charge >= 0.3 is 5.97 Å². The van der Waals surface area contributed by atoms with Crippen LogP contribution in [0.1, 0.15) is 48.5 Å². The molecule has 3 rings (SSSR count). The average molecular weight is 386 g/mol. The van der Waals surface area contributed by atoms with Crippen molar-refractivity contribution in [3.8, 4) is 0 Å². The second-order valence-electron chi connectivity index (χ2n) is 6.31. The normalized spacial score (nSPS) is 14.3. The maximum absolute atomic E-state index is 12.1. The van der Waals surface area contributed by atoms with Crippen molar-refractivity contribution in [1.29, 1.82) is 0 Å². The van der Waals surface area contributed by atoms with E-state index in [1.807, 2.05) is 0 Å². The van der Waals surface area contributed by atoms with E-state index in [9.17, 15) is 13.2 Å². The number of amidine groups is 1. The van der Waals surface area contributed by atoms with E-state index in [1.165, 1.54) is 6.07 Å². The van der Waals surface area contributed by atoms with Gasteiger partial charge in [-0.1, -0.05) is 38.3 Å². The molecule has 1 heterocycles. The van der Waals surface area contributed by atoms with Crippen LogP contribution >= 0.6 is 0 Å². The maximum atomic E-state index is 12.1. The summed E-state index contributed by atoms with van der Waals surface area (Å²) in [7, 11) is -3.66. The first kappa shape index (κ1) is 19.1. The van der Waals surface area contributed by atoms with Crippen LogP contribution in [-0.4, -0.2) is 26.8 Å². The van der Waals surface area contributed by atoms with Crippen LogP contribution in [0, 0.1) is 0 Å². The fourth-order valence-electron chi connectivity index (χ4n) is 2.80. The SMILES string of the molecule is CCCCCCOC(=O)c1ccc(NC2=NS(=O)(=O)c3ccccc32)cc1. The monoisotopic (exact) mass is 386 g/mol. The molecule has 2 aromatic rings. The molecule has 1 aliphatic heterocycles. The summed E-state index contributed by atoms with van der Waals surface area (Å²) in [6.45, 7) is 2.55. The molecule has 2 aromatic carbocycles. The lowest BCUT2D eigenvalue weighted by Gasteiger charge is -2.08. The van der Waals surface area contributed by atoms with Gasteiger partial charge in [0.1, 0.15) is 4.90 Å². The van der Waals surface area contributed by atoms with E-state index in [1.54, 1.807) is 42.5 Å². The van der Waals surface area contributed by atoms with Crippen LogP contribution in [0.5, 0.6) is 0 Å². The van der Waals surface area contributed by atoms with Crippen molar-refractivity contribution in [2.24, 2.45) is 4.40 Å². The van der Waals surface area contributed by atoms with Crippen molar-refractivity contribution < 1.29 is 17.9 Å². The van der Waals surface area contributed by atoms with Crippen LogP contribution in [0.2, 0.25) is 0 Å². The highest BCUT2D eigenvalue weighted by molar-refractivity contribution is 7.90. The summed E-state index contributed by atoms with van der Waals surface area (Å²) < 4.78 is 33.2. The number of sulfonamides is 1. The molecule has 0 atom stereocenters. The number of esters is 1. The Morgan fingerprint density at radius 3 is 2.52 bits per heavy atom. The molecule has 0 saturated heterocycles. The molecule has 1 N–H and O–H groups in total. The molecule has 0 amide bonds. The lowest BCUT2D eigenvalue weighted by atomic mass is 10.1. The van der Waals surface area contributed by atoms with Crippen molar-refractivity contribution in [1.82, 2.24) is 0 Å². The molecule has 0 unspecified atom stereocenters. The lowest BCUT2D eigenvalue weighted by molar-refractivity contribution is 0.0498. The van der Waals surface area contributed by atoms with Gasteiger partial charge in [0.25, 0.3) is 10.0 Å². The molecule has 0 fully saturated rings. The molecule has 0 saturated carbocycles. The highest BCUT2D eigenvalue weighted by Crippen LogP contribution is 2.26. The molecular weight excluding hydrogens is 364 g/mol. The first-order valence-electron chi connectivity index (χ1n) is 9.00. The fraction of sp³-hybridized carbons (Fsp3) is 0.300. The van der Waals surface area contributed by atoms with E-state index in [0.717, 1.165) is 25.7 Å². The molecule has 142 valence electrons. The molecular formula is C20H22N2O4S. The van der Waals surface area contributed by atoms with Crippen LogP contribution < -0.4 is 5.32 Å². The summed E-state index contributed by atoms with van der Waals surface area (Å²) >= 11 is 0. The fourth-order valence-corrected chi connectivity index (χ4v) is 3.98. The Hall–Kier alpha value is -2.67. The lowest BCUT2D eigenvalue weighted by Crippen LogP contribution is -2.12. The Kier molecular flexibility index (Phi) is 5.91. The predicted octanol–water partition coefficient (Wildman–Crippen LogP) is 3.98. The number of unbranched alkanes of at least 4 members (excludes halogenated alkanes) is 3. The zero-order valence-electron chi connectivity index (χ0n) is 15.1. The van der Waals surface area contributed by atoms with Crippen molar-refractivity contribution in [3.63, 3.8) is 0 Å². The number of carbonyl (C=O) groups excluding carboxylic acids is 1. The number of benzene rings is 2. The van der Waals surface area contributed by atoms with Gasteiger partial charge in [0, 0.05) is 11.3 Å². The third-order valence-corrected chi connectivity index (χ3v) is 5.58. The molecule has 0 spiro atoms. The van der Waals surface area contributed by atoms with Gasteiger partial charge in [0.2, 0.25) is 0 Å². The standard InChI is InChI=1S/C20H22N2O4S/c1-2-3-4-7-14-26-20(23)15-10-12-16(13-11-15)21-19-17-8-5-6-9-18(17)27(24,25)22-19/h5-6,8-13H,2-4,7,14H2,1H3,(H,21,22). The Bertz CT molecular complexity index is 950. The van der Waals surface area contributed by atoms with E-state index in [2.05, 4.69) is 16.6 Å². The smallest absolute Gasteiger partial charge is 0.338 e. The highest BCUT2D eigenvalue weighted by Gasteiger charge is 2.28. The van der Waals surface area contributed by atoms with Crippen LogP contribution in [0.4, 0.5) is 5.69 Å². The molecule has 1 aliphatic rings. The van der Waals surface area contributed by atoms with Gasteiger partial charge in [-0.3, -0.25) is 0 Å². The number of fused-ring (bicyclic) bond motifs is 1. The summed E-state index contributed by atoms with van der Waals surface area (Å²) in [5.74, 6) is -0.0824. The zero-order valence-corrected chi connectivity index (χ0v) is 16.0. The number of carbonyl (C=O) groups is 1. The largest absolute Gasteiger partial charge is 0.462 e. The second kappa shape index (κ2) is 8.35. The van der Waals surface area contributed by atoms with Crippen molar-refractivity contribution in [2.75, 3.05) is 11.9 Å². The van der Waals surface area contributed by atoms with Crippen molar-refractivity contribution in [2.45, 2.75) is 37.5 Å². The molecule has 0 aromatic heterocycles. The summed E-state index contributed by atoms with van der Waals surface area (Å²) in [6, 6.07) is 13.3. The van der Waals surface area contributed by atoms with E-state index in [4.69, 9.17) is 4.74 Å². The second-order valence-corrected chi connectivity index (χ2v) is 7.88. The molecule has 0 bridgehead atoms. The first-order valence-corrected chi connectivity index (χ1v) is 10.4. The van der Waals surface area contributed by atoms with E-state index in [0.29, 0.717) is 23.4 Å². The first-order chi connectivity index (χ1) is 13.0. The zero-order chi connectivity index (χ0) is 19.3. The third kappa shape index (κ3) is 4.54. The molecule has 6 nitrogen and oxygen atoms in total. The maximum Gasteiger partial charge on any atom is 0.338 e. The topological polar surface area (TPSA) is 84.8 Å². The van der Waals surface area contributed by atoms with Gasteiger partial charge in [-0.25, -0.2) is 4.79 Å². The summed E-state index contributed by atoms with van der Waals surface area (Å²) in [6.07, 6.45) is 4.20. The van der Waals surface area contributed by atoms with Crippen LogP contribution in [0.25, 0.3) is 0 Å². The molecule has 27 heavy (non-hydrogen) atoms. The summed E-state index contributed by atoms with van der Waals surface area (Å²) in [4.78, 5) is 12.2. The minimum atomic E-state index is -3.66. The Morgan fingerprint density at radius 2 is 1.78 bits per heavy atom. The number of anilines is 1. The Balaban J connectivity index is 1.63. The number of ether oxygens (including phenoxy) is 1. The number of nitrogens with zero attached hydrogens (tertiary/aromatic N) is 1.